The van der Waals surface area contributed by atoms with Crippen LogP contribution in [0.3, 0.4) is 0 Å². The fourth-order valence-electron chi connectivity index (χ4n) is 0.879. The van der Waals surface area contributed by atoms with Crippen molar-refractivity contribution in [2.45, 2.75) is 11.8 Å². The molecule has 62 valence electrons. The fourth-order valence-corrected chi connectivity index (χ4v) is 1.22. The second-order valence-electron chi connectivity index (χ2n) is 2.35. The number of carbonyl (C=O) groups is 2. The molecule has 1 aliphatic rings. The van der Waals surface area contributed by atoms with Gasteiger partial charge in [0.1, 0.15) is 16.5 Å². The lowest BCUT2D eigenvalue weighted by Crippen LogP contribution is -2.42. The predicted molar refractivity (Wildman–Crippen MR) is 44.2 cm³/mol. The van der Waals surface area contributed by atoms with Gasteiger partial charge in [-0.2, -0.15) is 5.26 Å². The van der Waals surface area contributed by atoms with E-state index in [2.05, 4.69) is 21.2 Å². The molecule has 0 aromatic carbocycles. The van der Waals surface area contributed by atoms with Gasteiger partial charge >= 0.3 is 0 Å². The first-order valence-corrected chi connectivity index (χ1v) is 4.09. The third kappa shape index (κ3) is 1.25. The number of halogens is 1. The van der Waals surface area contributed by atoms with Gasteiger partial charge < -0.3 is 0 Å². The van der Waals surface area contributed by atoms with Gasteiger partial charge in [0.15, 0.2) is 0 Å². The Morgan fingerprint density at radius 3 is 2.67 bits per heavy atom. The summed E-state index contributed by atoms with van der Waals surface area (Å²) in [7, 11) is 0. The summed E-state index contributed by atoms with van der Waals surface area (Å²) in [5.74, 6) is -1.03. The number of nitrogens with zero attached hydrogens (tertiary/aromatic N) is 1. The second-order valence-corrected chi connectivity index (χ2v) is 3.27. The SMILES string of the molecule is CC1=C(C#N)C(=O)NC(=O)C1Br. The summed E-state index contributed by atoms with van der Waals surface area (Å²) < 4.78 is 0. The van der Waals surface area contributed by atoms with Gasteiger partial charge in [-0.3, -0.25) is 14.9 Å². The largest absolute Gasteiger partial charge is 0.290 e. The third-order valence-electron chi connectivity index (χ3n) is 1.58. The first kappa shape index (κ1) is 8.94. The minimum absolute atomic E-state index is 0.0106. The van der Waals surface area contributed by atoms with E-state index >= 15 is 0 Å². The molecule has 0 bridgehead atoms. The predicted octanol–water partition coefficient (Wildman–Crippen LogP) is 0.246. The Bertz CT molecular complexity index is 327. The van der Waals surface area contributed by atoms with Crippen molar-refractivity contribution in [3.05, 3.63) is 11.1 Å². The van der Waals surface area contributed by atoms with Gasteiger partial charge in [-0.05, 0) is 12.5 Å². The van der Waals surface area contributed by atoms with Gasteiger partial charge in [0, 0.05) is 0 Å². The van der Waals surface area contributed by atoms with Crippen molar-refractivity contribution in [2.24, 2.45) is 0 Å². The maximum Gasteiger partial charge on any atom is 0.268 e. The molecule has 0 radical (unpaired) electrons. The summed E-state index contributed by atoms with van der Waals surface area (Å²) in [5, 5.41) is 10.6. The maximum absolute atomic E-state index is 11.0. The topological polar surface area (TPSA) is 70.0 Å². The van der Waals surface area contributed by atoms with Gasteiger partial charge in [-0.25, -0.2) is 0 Å². The molecular formula is C7H5BrN2O2. The molecule has 0 aromatic heterocycles. The van der Waals surface area contributed by atoms with Crippen LogP contribution in [0.25, 0.3) is 0 Å². The highest BCUT2D eigenvalue weighted by Gasteiger charge is 2.30. The molecule has 1 atom stereocenters. The van der Waals surface area contributed by atoms with E-state index in [-0.39, 0.29) is 5.57 Å². The number of hydrogen-bond acceptors (Lipinski definition) is 3. The Morgan fingerprint density at radius 2 is 2.17 bits per heavy atom. The average Bonchev–Trinajstić information content (AvgIpc) is 2.01. The molecule has 12 heavy (non-hydrogen) atoms. The van der Waals surface area contributed by atoms with Crippen molar-refractivity contribution >= 4 is 27.7 Å². The Kier molecular flexibility index (Phi) is 2.29. The quantitative estimate of drug-likeness (QED) is 0.478. The molecule has 0 saturated carbocycles. The summed E-state index contributed by atoms with van der Waals surface area (Å²) in [6.07, 6.45) is 0. The standard InChI is InChI=1S/C7H5BrN2O2/c1-3-4(2-9)6(11)10-7(12)5(3)8/h5H,1H3,(H,10,11,12). The minimum Gasteiger partial charge on any atom is -0.290 e. The lowest BCUT2D eigenvalue weighted by molar-refractivity contribution is -0.128. The van der Waals surface area contributed by atoms with Crippen LogP contribution in [0.5, 0.6) is 0 Å². The van der Waals surface area contributed by atoms with E-state index in [9.17, 15) is 9.59 Å². The molecule has 2 amide bonds. The molecule has 1 N–H and O–H groups in total. The van der Waals surface area contributed by atoms with Crippen molar-refractivity contribution in [3.63, 3.8) is 0 Å². The molecule has 1 unspecified atom stereocenters. The number of carbonyl (C=O) groups excluding carboxylic acids is 2. The first-order valence-electron chi connectivity index (χ1n) is 3.18. The number of hydrogen-bond donors (Lipinski definition) is 1. The third-order valence-corrected chi connectivity index (χ3v) is 2.68. The zero-order valence-electron chi connectivity index (χ0n) is 6.22. The van der Waals surface area contributed by atoms with Crippen molar-refractivity contribution in [2.75, 3.05) is 0 Å². The normalized spacial score (nSPS) is 23.6. The molecular weight excluding hydrogens is 224 g/mol. The second kappa shape index (κ2) is 3.07. The number of nitrogens with one attached hydrogen (secondary N) is 1. The highest BCUT2D eigenvalue weighted by molar-refractivity contribution is 9.10. The van der Waals surface area contributed by atoms with Gasteiger partial charge in [-0.1, -0.05) is 15.9 Å². The average molecular weight is 229 g/mol. The van der Waals surface area contributed by atoms with Crippen LogP contribution in [0, 0.1) is 11.3 Å². The molecule has 0 fully saturated rings. The van der Waals surface area contributed by atoms with Crippen molar-refractivity contribution in [1.82, 2.24) is 5.32 Å². The van der Waals surface area contributed by atoms with E-state index < -0.39 is 16.6 Å². The van der Waals surface area contributed by atoms with Gasteiger partial charge in [0.2, 0.25) is 5.91 Å². The summed E-state index contributed by atoms with van der Waals surface area (Å²) in [5.41, 5.74) is 0.475. The van der Waals surface area contributed by atoms with Crippen LogP contribution in [0.15, 0.2) is 11.1 Å². The van der Waals surface area contributed by atoms with Gasteiger partial charge in [0.25, 0.3) is 5.91 Å². The van der Waals surface area contributed by atoms with Crippen LogP contribution in [0.2, 0.25) is 0 Å². The molecule has 4 nitrogen and oxygen atoms in total. The summed E-state index contributed by atoms with van der Waals surface area (Å²) in [4.78, 5) is 21.3. The van der Waals surface area contributed by atoms with E-state index in [0.29, 0.717) is 5.57 Å². The monoisotopic (exact) mass is 228 g/mol. The van der Waals surface area contributed by atoms with Gasteiger partial charge in [0.05, 0.1) is 0 Å². The smallest absolute Gasteiger partial charge is 0.268 e. The number of alkyl halides is 1. The van der Waals surface area contributed by atoms with Gasteiger partial charge in [-0.15, -0.1) is 0 Å². The van der Waals surface area contributed by atoms with Crippen LogP contribution in [0.4, 0.5) is 0 Å². The zero-order chi connectivity index (χ0) is 9.30. The lowest BCUT2D eigenvalue weighted by Gasteiger charge is -2.17. The number of rotatable bonds is 0. The number of amides is 2. The Labute approximate surface area is 77.4 Å². The van der Waals surface area contributed by atoms with Crippen molar-refractivity contribution < 1.29 is 9.59 Å². The zero-order valence-corrected chi connectivity index (χ0v) is 7.81. The molecule has 1 aliphatic heterocycles. The fraction of sp³-hybridized carbons (Fsp3) is 0.286. The molecule has 0 aliphatic carbocycles. The minimum atomic E-state index is -0.615. The Morgan fingerprint density at radius 1 is 1.58 bits per heavy atom. The maximum atomic E-state index is 11.0. The van der Waals surface area contributed by atoms with Crippen molar-refractivity contribution in [3.8, 4) is 6.07 Å². The molecule has 0 spiro atoms. The number of nitriles is 1. The van der Waals surface area contributed by atoms with E-state index in [1.807, 2.05) is 0 Å². The van der Waals surface area contributed by atoms with Crippen LogP contribution < -0.4 is 5.32 Å². The van der Waals surface area contributed by atoms with E-state index in [0.717, 1.165) is 0 Å². The molecule has 1 heterocycles. The van der Waals surface area contributed by atoms with Crippen LogP contribution in [0.1, 0.15) is 6.92 Å². The highest BCUT2D eigenvalue weighted by Crippen LogP contribution is 2.19. The molecule has 1 rings (SSSR count). The van der Waals surface area contributed by atoms with Crippen LogP contribution >= 0.6 is 15.9 Å². The Balaban J connectivity index is 3.19. The van der Waals surface area contributed by atoms with Crippen LogP contribution in [-0.4, -0.2) is 16.6 Å². The number of imide groups is 1. The van der Waals surface area contributed by atoms with E-state index in [1.165, 1.54) is 0 Å². The molecule has 0 aromatic rings. The summed E-state index contributed by atoms with van der Waals surface area (Å²) in [6, 6.07) is 1.74. The Hall–Kier alpha value is -1.15. The van der Waals surface area contributed by atoms with Crippen molar-refractivity contribution in [1.29, 1.82) is 5.26 Å². The summed E-state index contributed by atoms with van der Waals surface area (Å²) in [6.45, 7) is 1.58. The first-order chi connectivity index (χ1) is 5.57. The highest BCUT2D eigenvalue weighted by atomic mass is 79.9. The molecule has 5 heteroatoms. The van der Waals surface area contributed by atoms with Crippen LogP contribution in [-0.2, 0) is 9.59 Å². The summed E-state index contributed by atoms with van der Waals surface area (Å²) >= 11 is 3.05. The van der Waals surface area contributed by atoms with E-state index in [4.69, 9.17) is 5.26 Å². The lowest BCUT2D eigenvalue weighted by atomic mass is 10.0. The molecule has 0 saturated heterocycles. The van der Waals surface area contributed by atoms with E-state index in [1.54, 1.807) is 13.0 Å².